The third-order valence-corrected chi connectivity index (χ3v) is 3.47. The zero-order valence-electron chi connectivity index (χ0n) is 12.6. The van der Waals surface area contributed by atoms with Crippen LogP contribution in [0.5, 0.6) is 0 Å². The first-order valence-corrected chi connectivity index (χ1v) is 7.67. The average molecular weight is 289 g/mol. The lowest BCUT2D eigenvalue weighted by molar-refractivity contribution is 0.0464. The molecule has 0 amide bonds. The number of hydrogen-bond acceptors (Lipinski definition) is 4. The fourth-order valence-corrected chi connectivity index (χ4v) is 2.28. The summed E-state index contributed by atoms with van der Waals surface area (Å²) in [7, 11) is 0. The van der Waals surface area contributed by atoms with Crippen molar-refractivity contribution in [1.82, 2.24) is 0 Å². The van der Waals surface area contributed by atoms with E-state index < -0.39 is 5.97 Å². The Morgan fingerprint density at radius 3 is 2.71 bits per heavy atom. The van der Waals surface area contributed by atoms with Gasteiger partial charge in [0.2, 0.25) is 5.76 Å². The molecule has 0 saturated heterocycles. The minimum absolute atomic E-state index is 0.238. The average Bonchev–Trinajstić information content (AvgIpc) is 2.89. The molecule has 0 saturated carbocycles. The monoisotopic (exact) mass is 289 g/mol. The van der Waals surface area contributed by atoms with E-state index >= 15 is 0 Å². The number of carbonyl (C=O) groups is 1. The van der Waals surface area contributed by atoms with E-state index in [2.05, 4.69) is 6.92 Å². The molecular weight excluding hydrogens is 266 g/mol. The van der Waals surface area contributed by atoms with Gasteiger partial charge in [-0.1, -0.05) is 39.0 Å². The van der Waals surface area contributed by atoms with Crippen LogP contribution < -0.4 is 5.73 Å². The first kappa shape index (κ1) is 15.4. The molecule has 0 radical (unpaired) electrons. The Morgan fingerprint density at radius 1 is 1.14 bits per heavy atom. The lowest BCUT2D eigenvalue weighted by atomic mass is 10.1. The maximum atomic E-state index is 11.9. The van der Waals surface area contributed by atoms with E-state index in [1.54, 1.807) is 24.3 Å². The quantitative estimate of drug-likeness (QED) is 0.440. The molecule has 114 valence electrons. The van der Waals surface area contributed by atoms with Crippen LogP contribution in [0.1, 0.15) is 56.0 Å². The molecule has 21 heavy (non-hydrogen) atoms. The number of nitrogens with two attached hydrogens (primary N) is 1. The molecule has 2 rings (SSSR count). The summed E-state index contributed by atoms with van der Waals surface area (Å²) in [5.41, 5.74) is 7.00. The van der Waals surface area contributed by atoms with E-state index in [4.69, 9.17) is 14.9 Å². The van der Waals surface area contributed by atoms with Crippen LogP contribution in [0.3, 0.4) is 0 Å². The number of hydrogen-bond donors (Lipinski definition) is 1. The lowest BCUT2D eigenvalue weighted by Gasteiger charge is -2.02. The largest absolute Gasteiger partial charge is 0.460 e. The van der Waals surface area contributed by atoms with E-state index in [1.807, 2.05) is 0 Å². The minimum atomic E-state index is -0.404. The summed E-state index contributed by atoms with van der Waals surface area (Å²) >= 11 is 0. The molecule has 0 unspecified atom stereocenters. The molecule has 0 aliphatic heterocycles. The van der Waals surface area contributed by atoms with Crippen LogP contribution in [0.4, 0.5) is 5.69 Å². The zero-order chi connectivity index (χ0) is 15.1. The van der Waals surface area contributed by atoms with Crippen LogP contribution >= 0.6 is 0 Å². The first-order valence-electron chi connectivity index (χ1n) is 7.67. The Labute approximate surface area is 125 Å². The van der Waals surface area contributed by atoms with Gasteiger partial charge in [0.05, 0.1) is 6.61 Å². The maximum Gasteiger partial charge on any atom is 0.374 e. The Morgan fingerprint density at radius 2 is 1.90 bits per heavy atom. The Bertz CT molecular complexity index is 589. The molecular formula is C17H23NO3. The van der Waals surface area contributed by atoms with Crippen molar-refractivity contribution in [2.24, 2.45) is 0 Å². The van der Waals surface area contributed by atoms with Crippen molar-refractivity contribution in [3.63, 3.8) is 0 Å². The lowest BCUT2D eigenvalue weighted by Crippen LogP contribution is -2.05. The standard InChI is InChI=1S/C17H23NO3/c1-2-3-4-5-6-7-10-20-17(19)16-12-13-11-14(18)8-9-15(13)21-16/h8-9,11-12H,2-7,10,18H2,1H3. The van der Waals surface area contributed by atoms with Crippen molar-refractivity contribution in [3.8, 4) is 0 Å². The van der Waals surface area contributed by atoms with E-state index in [0.29, 0.717) is 17.9 Å². The molecule has 2 aromatic rings. The van der Waals surface area contributed by atoms with Gasteiger partial charge in [-0.3, -0.25) is 0 Å². The molecule has 0 aliphatic carbocycles. The molecule has 4 heteroatoms. The fraction of sp³-hybridized carbons (Fsp3) is 0.471. The SMILES string of the molecule is CCCCCCCCOC(=O)c1cc2cc(N)ccc2o1. The third kappa shape index (κ3) is 4.52. The summed E-state index contributed by atoms with van der Waals surface area (Å²) in [6.07, 6.45) is 6.99. The third-order valence-electron chi connectivity index (χ3n) is 3.47. The number of furan rings is 1. The van der Waals surface area contributed by atoms with Gasteiger partial charge in [-0.15, -0.1) is 0 Å². The molecule has 0 fully saturated rings. The van der Waals surface area contributed by atoms with Crippen LogP contribution in [0, 0.1) is 0 Å². The number of anilines is 1. The van der Waals surface area contributed by atoms with Gasteiger partial charge in [-0.25, -0.2) is 4.79 Å². The fourth-order valence-electron chi connectivity index (χ4n) is 2.28. The van der Waals surface area contributed by atoms with Gasteiger partial charge in [-0.05, 0) is 30.7 Å². The summed E-state index contributed by atoms with van der Waals surface area (Å²) in [6.45, 7) is 2.65. The number of esters is 1. The molecule has 0 bridgehead atoms. The topological polar surface area (TPSA) is 65.5 Å². The number of ether oxygens (including phenoxy) is 1. The summed E-state index contributed by atoms with van der Waals surface area (Å²) in [5.74, 6) is -0.167. The molecule has 1 aromatic carbocycles. The smallest absolute Gasteiger partial charge is 0.374 e. The van der Waals surface area contributed by atoms with Crippen molar-refractivity contribution in [2.75, 3.05) is 12.3 Å². The zero-order valence-corrected chi connectivity index (χ0v) is 12.6. The molecule has 2 N–H and O–H groups in total. The number of nitrogen functional groups attached to an aromatic ring is 1. The van der Waals surface area contributed by atoms with Crippen molar-refractivity contribution in [1.29, 1.82) is 0 Å². The predicted molar refractivity (Wildman–Crippen MR) is 84.3 cm³/mol. The predicted octanol–water partition coefficient (Wildman–Crippen LogP) is 4.53. The number of benzene rings is 1. The minimum Gasteiger partial charge on any atom is -0.460 e. The molecule has 0 aliphatic rings. The summed E-state index contributed by atoms with van der Waals surface area (Å²) in [4.78, 5) is 11.9. The van der Waals surface area contributed by atoms with Crippen LogP contribution in [0.25, 0.3) is 11.0 Å². The Kier molecular flexibility index (Phi) is 5.67. The van der Waals surface area contributed by atoms with Crippen LogP contribution in [-0.4, -0.2) is 12.6 Å². The number of fused-ring (bicyclic) bond motifs is 1. The molecule has 1 heterocycles. The highest BCUT2D eigenvalue weighted by Gasteiger charge is 2.13. The number of carbonyl (C=O) groups excluding carboxylic acids is 1. The van der Waals surface area contributed by atoms with Crippen molar-refractivity contribution >= 4 is 22.6 Å². The van der Waals surface area contributed by atoms with Crippen molar-refractivity contribution < 1.29 is 13.9 Å². The highest BCUT2D eigenvalue weighted by molar-refractivity contribution is 5.93. The first-order chi connectivity index (χ1) is 10.2. The van der Waals surface area contributed by atoms with Gasteiger partial charge < -0.3 is 14.9 Å². The molecule has 1 aromatic heterocycles. The van der Waals surface area contributed by atoms with Gasteiger partial charge >= 0.3 is 5.97 Å². The second kappa shape index (κ2) is 7.72. The maximum absolute atomic E-state index is 11.9. The van der Waals surface area contributed by atoms with E-state index in [9.17, 15) is 4.79 Å². The van der Waals surface area contributed by atoms with Gasteiger partial charge in [-0.2, -0.15) is 0 Å². The number of unbranched alkanes of at least 4 members (excludes halogenated alkanes) is 5. The van der Waals surface area contributed by atoms with E-state index in [1.165, 1.54) is 25.7 Å². The van der Waals surface area contributed by atoms with E-state index in [0.717, 1.165) is 18.2 Å². The Hall–Kier alpha value is -1.97. The van der Waals surface area contributed by atoms with Crippen molar-refractivity contribution in [3.05, 3.63) is 30.0 Å². The van der Waals surface area contributed by atoms with E-state index in [-0.39, 0.29) is 5.76 Å². The molecule has 0 spiro atoms. The second-order valence-electron chi connectivity index (χ2n) is 5.31. The normalized spacial score (nSPS) is 10.9. The van der Waals surface area contributed by atoms with Gasteiger partial charge in [0.25, 0.3) is 0 Å². The Balaban J connectivity index is 1.77. The molecule has 4 nitrogen and oxygen atoms in total. The summed E-state index contributed by atoms with van der Waals surface area (Å²) in [5, 5.41) is 0.821. The van der Waals surface area contributed by atoms with Gasteiger partial charge in [0.15, 0.2) is 0 Å². The van der Waals surface area contributed by atoms with Crippen LogP contribution in [0.2, 0.25) is 0 Å². The number of rotatable bonds is 8. The highest BCUT2D eigenvalue weighted by Crippen LogP contribution is 2.22. The summed E-state index contributed by atoms with van der Waals surface area (Å²) in [6, 6.07) is 6.96. The van der Waals surface area contributed by atoms with Gasteiger partial charge in [0, 0.05) is 11.1 Å². The second-order valence-corrected chi connectivity index (χ2v) is 5.31. The van der Waals surface area contributed by atoms with Crippen LogP contribution in [0.15, 0.2) is 28.7 Å². The summed E-state index contributed by atoms with van der Waals surface area (Å²) < 4.78 is 10.7. The van der Waals surface area contributed by atoms with Crippen molar-refractivity contribution in [2.45, 2.75) is 45.4 Å². The van der Waals surface area contributed by atoms with Gasteiger partial charge in [0.1, 0.15) is 5.58 Å². The van der Waals surface area contributed by atoms with Crippen LogP contribution in [-0.2, 0) is 4.74 Å². The highest BCUT2D eigenvalue weighted by atomic mass is 16.5. The molecule has 0 atom stereocenters.